The van der Waals surface area contributed by atoms with Crippen LogP contribution < -0.4 is 5.73 Å². The molecule has 0 amide bonds. The van der Waals surface area contributed by atoms with Gasteiger partial charge >= 0.3 is 5.97 Å². The summed E-state index contributed by atoms with van der Waals surface area (Å²) in [5.74, 6) is -0.394. The van der Waals surface area contributed by atoms with E-state index in [-0.39, 0.29) is 19.0 Å². The number of aliphatic hydroxyl groups is 1. The van der Waals surface area contributed by atoms with Crippen molar-refractivity contribution in [3.8, 4) is 5.75 Å². The van der Waals surface area contributed by atoms with Crippen LogP contribution in [0.15, 0.2) is 60.7 Å². The molecule has 0 bridgehead atoms. The van der Waals surface area contributed by atoms with Crippen LogP contribution in [0.5, 0.6) is 5.75 Å². The lowest BCUT2D eigenvalue weighted by Crippen LogP contribution is -2.33. The molecule has 2 aromatic carbocycles. The smallest absolute Gasteiger partial charge is 0.330 e. The molecule has 0 saturated carbocycles. The topological polar surface area (TPSA) is 102 Å². The molecule has 0 aliphatic rings. The number of hydrogen-bond acceptors (Lipinski definition) is 6. The lowest BCUT2D eigenvalue weighted by molar-refractivity contribution is -0.139. The first-order valence-corrected chi connectivity index (χ1v) is 8.87. The number of aromatic hydroxyl groups is 1. The van der Waals surface area contributed by atoms with E-state index in [9.17, 15) is 15.0 Å². The molecule has 28 heavy (non-hydrogen) atoms. The first-order chi connectivity index (χ1) is 13.4. The molecule has 6 heteroatoms. The number of carbonyl (C=O) groups excluding carboxylic acids is 1. The Morgan fingerprint density at radius 2 is 1.86 bits per heavy atom. The molecule has 148 valence electrons. The maximum absolute atomic E-state index is 11.7. The van der Waals surface area contributed by atoms with Crippen LogP contribution in [0.25, 0.3) is 12.2 Å². The highest BCUT2D eigenvalue weighted by atomic mass is 16.6. The summed E-state index contributed by atoms with van der Waals surface area (Å²) in [6, 6.07) is 14.0. The van der Waals surface area contributed by atoms with Gasteiger partial charge in [-0.15, -0.1) is 0 Å². The fourth-order valence-corrected chi connectivity index (χ4v) is 2.22. The molecular weight excluding hydrogens is 358 g/mol. The van der Waals surface area contributed by atoms with Crippen molar-refractivity contribution in [2.75, 3.05) is 13.2 Å². The van der Waals surface area contributed by atoms with E-state index < -0.39 is 18.3 Å². The summed E-state index contributed by atoms with van der Waals surface area (Å²) in [5.41, 5.74) is 8.21. The van der Waals surface area contributed by atoms with Crippen LogP contribution in [0.2, 0.25) is 0 Å². The zero-order valence-electron chi connectivity index (χ0n) is 15.7. The molecule has 0 aliphatic carbocycles. The summed E-state index contributed by atoms with van der Waals surface area (Å²) in [4.78, 5) is 11.7. The Labute approximate surface area is 164 Å². The monoisotopic (exact) mass is 383 g/mol. The van der Waals surface area contributed by atoms with E-state index in [1.54, 1.807) is 37.3 Å². The Balaban J connectivity index is 1.69. The Kier molecular flexibility index (Phi) is 8.42. The Morgan fingerprint density at radius 1 is 1.11 bits per heavy atom. The van der Waals surface area contributed by atoms with Gasteiger partial charge in [0.15, 0.2) is 6.29 Å². The molecule has 1 unspecified atom stereocenters. The van der Waals surface area contributed by atoms with E-state index in [1.165, 1.54) is 12.2 Å². The molecule has 2 rings (SSSR count). The Bertz CT molecular complexity index is 817. The number of phenols is 1. The van der Waals surface area contributed by atoms with E-state index >= 15 is 0 Å². The van der Waals surface area contributed by atoms with Gasteiger partial charge in [-0.05, 0) is 41.8 Å². The lowest BCUT2D eigenvalue weighted by Gasteiger charge is -2.14. The van der Waals surface area contributed by atoms with Gasteiger partial charge in [0.25, 0.3) is 0 Å². The number of benzene rings is 2. The summed E-state index contributed by atoms with van der Waals surface area (Å²) in [6.45, 7) is 1.77. The molecule has 0 heterocycles. The van der Waals surface area contributed by atoms with Gasteiger partial charge in [0.1, 0.15) is 12.4 Å². The maximum Gasteiger partial charge on any atom is 0.330 e. The molecule has 6 nitrogen and oxygen atoms in total. The third kappa shape index (κ3) is 7.75. The molecule has 2 atom stereocenters. The summed E-state index contributed by atoms with van der Waals surface area (Å²) in [5, 5.41) is 19.4. The van der Waals surface area contributed by atoms with Crippen molar-refractivity contribution in [3.63, 3.8) is 0 Å². The van der Waals surface area contributed by atoms with Crippen molar-refractivity contribution < 1.29 is 24.5 Å². The highest BCUT2D eigenvalue weighted by Gasteiger charge is 2.08. The zero-order valence-corrected chi connectivity index (χ0v) is 15.7. The molecule has 0 fully saturated rings. The van der Waals surface area contributed by atoms with Crippen LogP contribution in [0.1, 0.15) is 16.7 Å². The average Bonchev–Trinajstić information content (AvgIpc) is 2.70. The minimum Gasteiger partial charge on any atom is -0.508 e. The molecule has 0 aliphatic heterocycles. The SMILES string of the molecule is Cc1ccc(/C=C/C(=O)OCC(N)CO[C@@H](O)/C=C/c2ccccc2)cc1O. The predicted octanol–water partition coefficient (Wildman–Crippen LogP) is 2.63. The number of aliphatic hydroxyl groups excluding tert-OH is 1. The fourth-order valence-electron chi connectivity index (χ4n) is 2.22. The first-order valence-electron chi connectivity index (χ1n) is 8.87. The standard InChI is InChI=1S/C22H25NO5/c1-16-7-8-18(13-20(16)24)10-12-22(26)28-15-19(23)14-27-21(25)11-9-17-5-3-2-4-6-17/h2-13,19,21,24-25H,14-15,23H2,1H3/b11-9+,12-10+/t19?,21-/m1/s1. The molecule has 4 N–H and O–H groups in total. The van der Waals surface area contributed by atoms with Gasteiger partial charge in [-0.1, -0.05) is 48.5 Å². The van der Waals surface area contributed by atoms with Gasteiger partial charge in [0, 0.05) is 6.08 Å². The molecule has 0 spiro atoms. The van der Waals surface area contributed by atoms with Gasteiger partial charge in [-0.3, -0.25) is 0 Å². The number of phenolic OH excluding ortho intramolecular Hbond substituents is 1. The molecule has 0 aromatic heterocycles. The predicted molar refractivity (Wildman–Crippen MR) is 108 cm³/mol. The number of nitrogens with two attached hydrogens (primary N) is 1. The Morgan fingerprint density at radius 3 is 2.57 bits per heavy atom. The second-order valence-electron chi connectivity index (χ2n) is 6.26. The van der Waals surface area contributed by atoms with Crippen LogP contribution in [-0.4, -0.2) is 41.7 Å². The minimum atomic E-state index is -1.10. The fraction of sp³-hybridized carbons (Fsp3) is 0.227. The average molecular weight is 383 g/mol. The Hall–Kier alpha value is -2.93. The van der Waals surface area contributed by atoms with Crippen molar-refractivity contribution in [2.24, 2.45) is 5.73 Å². The van der Waals surface area contributed by atoms with Crippen molar-refractivity contribution in [2.45, 2.75) is 19.3 Å². The number of carbonyl (C=O) groups is 1. The second kappa shape index (κ2) is 11.0. The van der Waals surface area contributed by atoms with E-state index in [0.29, 0.717) is 5.56 Å². The van der Waals surface area contributed by atoms with Crippen molar-refractivity contribution in [1.82, 2.24) is 0 Å². The molecule has 0 saturated heterocycles. The number of esters is 1. The summed E-state index contributed by atoms with van der Waals surface area (Å²) >= 11 is 0. The van der Waals surface area contributed by atoms with E-state index in [4.69, 9.17) is 15.2 Å². The zero-order chi connectivity index (χ0) is 20.4. The second-order valence-corrected chi connectivity index (χ2v) is 6.26. The van der Waals surface area contributed by atoms with Crippen LogP contribution in [0.3, 0.4) is 0 Å². The lowest BCUT2D eigenvalue weighted by atomic mass is 10.1. The van der Waals surface area contributed by atoms with Crippen molar-refractivity contribution >= 4 is 18.1 Å². The van der Waals surface area contributed by atoms with E-state index in [1.807, 2.05) is 30.3 Å². The van der Waals surface area contributed by atoms with Gasteiger partial charge < -0.3 is 25.4 Å². The van der Waals surface area contributed by atoms with Crippen molar-refractivity contribution in [1.29, 1.82) is 0 Å². The number of hydrogen-bond donors (Lipinski definition) is 3. The summed E-state index contributed by atoms with van der Waals surface area (Å²) < 4.78 is 10.3. The highest BCUT2D eigenvalue weighted by Crippen LogP contribution is 2.18. The maximum atomic E-state index is 11.7. The van der Waals surface area contributed by atoms with Gasteiger partial charge in [0.2, 0.25) is 0 Å². The minimum absolute atomic E-state index is 0.0309. The van der Waals surface area contributed by atoms with E-state index in [0.717, 1.165) is 11.1 Å². The van der Waals surface area contributed by atoms with Gasteiger partial charge in [0.05, 0.1) is 12.6 Å². The van der Waals surface area contributed by atoms with Crippen molar-refractivity contribution in [3.05, 3.63) is 77.4 Å². The molecular formula is C22H25NO5. The third-order valence-electron chi connectivity index (χ3n) is 3.82. The van der Waals surface area contributed by atoms with E-state index in [2.05, 4.69) is 0 Å². The van der Waals surface area contributed by atoms with Gasteiger partial charge in [-0.25, -0.2) is 4.79 Å². The largest absolute Gasteiger partial charge is 0.508 e. The number of aryl methyl sites for hydroxylation is 1. The highest BCUT2D eigenvalue weighted by molar-refractivity contribution is 5.87. The normalized spacial score (nSPS) is 13.7. The molecule has 0 radical (unpaired) electrons. The first kappa shape index (κ1) is 21.4. The summed E-state index contributed by atoms with van der Waals surface area (Å²) in [7, 11) is 0. The number of ether oxygens (including phenoxy) is 2. The van der Waals surface area contributed by atoms with Crippen LogP contribution in [-0.2, 0) is 14.3 Å². The third-order valence-corrected chi connectivity index (χ3v) is 3.82. The number of rotatable bonds is 9. The quantitative estimate of drug-likeness (QED) is 0.350. The van der Waals surface area contributed by atoms with Crippen LogP contribution in [0, 0.1) is 6.92 Å². The van der Waals surface area contributed by atoms with Gasteiger partial charge in [-0.2, -0.15) is 0 Å². The van der Waals surface area contributed by atoms with Crippen LogP contribution in [0.4, 0.5) is 0 Å². The summed E-state index contributed by atoms with van der Waals surface area (Å²) in [6.07, 6.45) is 4.95. The molecule has 2 aromatic rings. The van der Waals surface area contributed by atoms with Crippen LogP contribution >= 0.6 is 0 Å².